The van der Waals surface area contributed by atoms with Crippen LogP contribution in [0.25, 0.3) is 0 Å². The van der Waals surface area contributed by atoms with E-state index in [1.54, 1.807) is 26.1 Å². The minimum atomic E-state index is -3.43. The van der Waals surface area contributed by atoms with Crippen LogP contribution in [0.3, 0.4) is 0 Å². The Hall–Kier alpha value is -0.720. The number of H-pyrrole nitrogens is 1. The van der Waals surface area contributed by atoms with Gasteiger partial charge in [0.25, 0.3) is 0 Å². The minimum absolute atomic E-state index is 0.170. The van der Waals surface area contributed by atoms with Gasteiger partial charge in [-0.25, -0.2) is 8.42 Å². The van der Waals surface area contributed by atoms with Crippen LogP contribution in [0.15, 0.2) is 23.4 Å². The lowest BCUT2D eigenvalue weighted by Gasteiger charge is -2.18. The molecule has 0 spiro atoms. The molecule has 0 aromatic carbocycles. The van der Waals surface area contributed by atoms with Crippen molar-refractivity contribution in [2.24, 2.45) is 0 Å². The highest BCUT2D eigenvalue weighted by molar-refractivity contribution is 7.89. The van der Waals surface area contributed by atoms with Crippen LogP contribution in [0, 0.1) is 4.51 Å². The molecule has 1 aromatic rings. The lowest BCUT2D eigenvalue weighted by molar-refractivity contribution is 0.445. The number of nitrogens with zero attached hydrogens (tertiary/aromatic N) is 1. The molecule has 4 nitrogen and oxygen atoms in total. The monoisotopic (exact) mass is 246 g/mol. The van der Waals surface area contributed by atoms with E-state index in [9.17, 15) is 8.42 Å². The van der Waals surface area contributed by atoms with E-state index < -0.39 is 10.0 Å². The van der Waals surface area contributed by atoms with Crippen molar-refractivity contribution >= 4 is 22.2 Å². The molecular formula is C9H14N2O2S2. The van der Waals surface area contributed by atoms with Gasteiger partial charge in [-0.1, -0.05) is 26.1 Å². The molecule has 0 saturated carbocycles. The fourth-order valence-corrected chi connectivity index (χ4v) is 3.25. The van der Waals surface area contributed by atoms with E-state index in [1.165, 1.54) is 10.5 Å². The molecule has 0 radical (unpaired) electrons. The van der Waals surface area contributed by atoms with Crippen LogP contribution in [-0.2, 0) is 10.0 Å². The highest BCUT2D eigenvalue weighted by Crippen LogP contribution is 2.15. The number of hydrogen-bond donors (Lipinski definition) is 1. The first-order chi connectivity index (χ1) is 7.04. The molecule has 0 saturated heterocycles. The molecule has 1 N–H and O–H groups in total. The van der Waals surface area contributed by atoms with Crippen LogP contribution in [-0.4, -0.2) is 30.8 Å². The van der Waals surface area contributed by atoms with Gasteiger partial charge in [0, 0.05) is 25.5 Å². The summed E-state index contributed by atoms with van der Waals surface area (Å²) < 4.78 is 25.8. The number of pyridine rings is 1. The quantitative estimate of drug-likeness (QED) is 0.824. The minimum Gasteiger partial charge on any atom is -0.366 e. The first kappa shape index (κ1) is 12.4. The molecular weight excluding hydrogens is 232 g/mol. The summed E-state index contributed by atoms with van der Waals surface area (Å²) >= 11 is 4.99. The van der Waals surface area contributed by atoms with Gasteiger partial charge in [0.1, 0.15) is 4.90 Å². The van der Waals surface area contributed by atoms with E-state index in [4.69, 9.17) is 12.2 Å². The van der Waals surface area contributed by atoms with Crippen molar-refractivity contribution < 1.29 is 8.42 Å². The molecule has 0 amide bonds. The molecule has 1 heterocycles. The predicted octanol–water partition coefficient (Wildman–Crippen LogP) is 1.77. The number of nitrogens with one attached hydrogen (secondary N) is 1. The Morgan fingerprint density at radius 1 is 1.40 bits per heavy atom. The van der Waals surface area contributed by atoms with Crippen LogP contribution >= 0.6 is 12.2 Å². The predicted molar refractivity (Wildman–Crippen MR) is 61.7 cm³/mol. The topological polar surface area (TPSA) is 53.2 Å². The maximum Gasteiger partial charge on any atom is 0.245 e. The Morgan fingerprint density at radius 3 is 2.47 bits per heavy atom. The number of rotatable bonds is 4. The fraction of sp³-hybridized carbons (Fsp3) is 0.444. The van der Waals surface area contributed by atoms with E-state index in [1.807, 2.05) is 0 Å². The second-order valence-electron chi connectivity index (χ2n) is 2.96. The van der Waals surface area contributed by atoms with Crippen molar-refractivity contribution in [2.75, 3.05) is 13.1 Å². The Balaban J connectivity index is 3.29. The Bertz CT molecular complexity index is 475. The van der Waals surface area contributed by atoms with Gasteiger partial charge in [0.2, 0.25) is 10.0 Å². The first-order valence-electron chi connectivity index (χ1n) is 4.71. The summed E-state index contributed by atoms with van der Waals surface area (Å²) in [6.45, 7) is 4.50. The lowest BCUT2D eigenvalue weighted by atomic mass is 10.5. The van der Waals surface area contributed by atoms with Gasteiger partial charge >= 0.3 is 0 Å². The molecule has 6 heteroatoms. The maximum absolute atomic E-state index is 12.1. The number of aromatic nitrogens is 1. The van der Waals surface area contributed by atoms with E-state index in [0.717, 1.165) is 0 Å². The summed E-state index contributed by atoms with van der Waals surface area (Å²) in [7, 11) is -3.43. The molecule has 0 aliphatic rings. The molecule has 1 aromatic heterocycles. The zero-order valence-electron chi connectivity index (χ0n) is 8.73. The summed E-state index contributed by atoms with van der Waals surface area (Å²) in [4.78, 5) is 2.91. The molecule has 0 aliphatic carbocycles. The smallest absolute Gasteiger partial charge is 0.245 e. The zero-order valence-corrected chi connectivity index (χ0v) is 10.4. The first-order valence-corrected chi connectivity index (χ1v) is 6.56. The standard InChI is InChI=1S/C9H14N2O2S2/c1-3-11(4-2)15(12,13)9-7-10-6-5-8(9)14/h5-7H,3-4H2,1-2H3,(H,10,14). The number of aromatic amines is 1. The van der Waals surface area contributed by atoms with Crippen molar-refractivity contribution in [2.45, 2.75) is 18.7 Å². The molecule has 0 fully saturated rings. The lowest BCUT2D eigenvalue weighted by Crippen LogP contribution is -2.30. The molecule has 84 valence electrons. The van der Waals surface area contributed by atoms with Gasteiger partial charge in [-0.2, -0.15) is 4.31 Å². The second kappa shape index (κ2) is 4.87. The highest BCUT2D eigenvalue weighted by Gasteiger charge is 2.22. The van der Waals surface area contributed by atoms with E-state index in [-0.39, 0.29) is 4.90 Å². The van der Waals surface area contributed by atoms with Crippen LogP contribution in [0.2, 0.25) is 0 Å². The van der Waals surface area contributed by atoms with Crippen molar-refractivity contribution in [1.29, 1.82) is 0 Å². The fourth-order valence-electron chi connectivity index (χ4n) is 1.31. The Morgan fingerprint density at radius 2 is 2.00 bits per heavy atom. The SMILES string of the molecule is CCN(CC)S(=O)(=O)c1c[nH]ccc1=S. The zero-order chi connectivity index (χ0) is 11.5. The van der Waals surface area contributed by atoms with E-state index in [2.05, 4.69) is 4.98 Å². The summed E-state index contributed by atoms with van der Waals surface area (Å²) in [5.41, 5.74) is 0. The van der Waals surface area contributed by atoms with Crippen LogP contribution in [0.1, 0.15) is 13.8 Å². The summed E-state index contributed by atoms with van der Waals surface area (Å²) in [5.74, 6) is 0. The maximum atomic E-state index is 12.1. The van der Waals surface area contributed by atoms with Crippen LogP contribution in [0.5, 0.6) is 0 Å². The van der Waals surface area contributed by atoms with Gasteiger partial charge in [0.15, 0.2) is 0 Å². The van der Waals surface area contributed by atoms with Gasteiger partial charge in [-0.3, -0.25) is 0 Å². The largest absolute Gasteiger partial charge is 0.366 e. The molecule has 0 bridgehead atoms. The van der Waals surface area contributed by atoms with Gasteiger partial charge in [-0.05, 0) is 6.07 Å². The van der Waals surface area contributed by atoms with Crippen LogP contribution < -0.4 is 0 Å². The molecule has 0 unspecified atom stereocenters. The van der Waals surface area contributed by atoms with Gasteiger partial charge in [-0.15, -0.1) is 0 Å². The third-order valence-electron chi connectivity index (χ3n) is 2.11. The van der Waals surface area contributed by atoms with Crippen molar-refractivity contribution in [3.63, 3.8) is 0 Å². The highest BCUT2D eigenvalue weighted by atomic mass is 32.2. The van der Waals surface area contributed by atoms with Crippen molar-refractivity contribution in [1.82, 2.24) is 9.29 Å². The molecule has 15 heavy (non-hydrogen) atoms. The second-order valence-corrected chi connectivity index (χ2v) is 5.31. The molecule has 0 aliphatic heterocycles. The van der Waals surface area contributed by atoms with Crippen molar-refractivity contribution in [3.8, 4) is 0 Å². The van der Waals surface area contributed by atoms with Gasteiger partial charge < -0.3 is 4.98 Å². The van der Waals surface area contributed by atoms with Gasteiger partial charge in [0.05, 0.1) is 4.51 Å². The summed E-state index contributed by atoms with van der Waals surface area (Å²) in [6, 6.07) is 1.58. The summed E-state index contributed by atoms with van der Waals surface area (Å²) in [6.07, 6.45) is 3.04. The van der Waals surface area contributed by atoms with Crippen LogP contribution in [0.4, 0.5) is 0 Å². The Kier molecular flexibility index (Phi) is 4.01. The average molecular weight is 246 g/mol. The summed E-state index contributed by atoms with van der Waals surface area (Å²) in [5, 5.41) is 0. The van der Waals surface area contributed by atoms with E-state index >= 15 is 0 Å². The Labute approximate surface area is 95.0 Å². The van der Waals surface area contributed by atoms with Crippen molar-refractivity contribution in [3.05, 3.63) is 23.0 Å². The molecule has 0 atom stereocenters. The number of hydrogen-bond acceptors (Lipinski definition) is 3. The van der Waals surface area contributed by atoms with E-state index in [0.29, 0.717) is 17.6 Å². The average Bonchev–Trinajstić information content (AvgIpc) is 2.19. The number of sulfonamides is 1. The molecule has 1 rings (SSSR count). The third kappa shape index (κ3) is 2.45. The normalized spacial score (nSPS) is 11.9. The third-order valence-corrected chi connectivity index (χ3v) is 4.69.